The van der Waals surface area contributed by atoms with Gasteiger partial charge in [0.25, 0.3) is 0 Å². The maximum atomic E-state index is 5.21. The Morgan fingerprint density at radius 1 is 1.00 bits per heavy atom. The van der Waals surface area contributed by atoms with E-state index in [0.717, 1.165) is 16.9 Å². The van der Waals surface area contributed by atoms with Crippen LogP contribution in [0.2, 0.25) is 0 Å². The lowest BCUT2D eigenvalue weighted by molar-refractivity contribution is 1.06. The quantitative estimate of drug-likeness (QED) is 0.478. The maximum Gasteiger partial charge on any atom is 0.171 e. The van der Waals surface area contributed by atoms with Crippen LogP contribution in [-0.4, -0.2) is 23.3 Å². The molecule has 6 heteroatoms. The molecule has 0 saturated heterocycles. The molecule has 0 aliphatic heterocycles. The van der Waals surface area contributed by atoms with Gasteiger partial charge in [0.05, 0.1) is 0 Å². The van der Waals surface area contributed by atoms with E-state index in [0.29, 0.717) is 23.3 Å². The Morgan fingerprint density at radius 2 is 1.43 bits per heavy atom. The third-order valence-corrected chi connectivity index (χ3v) is 3.14. The zero-order valence-corrected chi connectivity index (χ0v) is 13.7. The highest BCUT2D eigenvalue weighted by Crippen LogP contribution is 2.23. The molecular formula is C15H20N4S2. The Kier molecular flexibility index (Phi) is 7.42. The summed E-state index contributed by atoms with van der Waals surface area (Å²) < 4.78 is 0. The van der Waals surface area contributed by atoms with E-state index in [-0.39, 0.29) is 0 Å². The van der Waals surface area contributed by atoms with Crippen molar-refractivity contribution in [3.63, 3.8) is 0 Å². The second-order valence-electron chi connectivity index (χ2n) is 4.23. The number of anilines is 2. The lowest BCUT2D eigenvalue weighted by Crippen LogP contribution is -2.30. The molecule has 0 heterocycles. The standard InChI is InChI=1S/C15H20N4S2/c1-4-9-16-14(20)18-12-7-6-8-13(11(12)3)19-15(21)17-10-5-2/h4-8H,1-2,9-10H2,3H3,(H2,16,18,20)(H2,17,19,21). The molecule has 0 saturated carbocycles. The molecule has 4 N–H and O–H groups in total. The highest BCUT2D eigenvalue weighted by atomic mass is 32.1. The Bertz CT molecular complexity index is 496. The van der Waals surface area contributed by atoms with Crippen molar-refractivity contribution in [1.82, 2.24) is 10.6 Å². The SMILES string of the molecule is C=CCNC(=S)Nc1cccc(NC(=S)NCC=C)c1C. The zero-order chi connectivity index (χ0) is 15.7. The summed E-state index contributed by atoms with van der Waals surface area (Å²) in [4.78, 5) is 0. The zero-order valence-electron chi connectivity index (χ0n) is 12.0. The summed E-state index contributed by atoms with van der Waals surface area (Å²) in [6, 6.07) is 5.86. The lowest BCUT2D eigenvalue weighted by atomic mass is 10.1. The Balaban J connectivity index is 2.73. The summed E-state index contributed by atoms with van der Waals surface area (Å²) in [5.74, 6) is 0. The molecule has 0 radical (unpaired) electrons. The van der Waals surface area contributed by atoms with Crippen LogP contribution >= 0.6 is 24.4 Å². The van der Waals surface area contributed by atoms with E-state index in [1.807, 2.05) is 25.1 Å². The van der Waals surface area contributed by atoms with Crippen molar-refractivity contribution in [2.45, 2.75) is 6.92 Å². The van der Waals surface area contributed by atoms with Crippen molar-refractivity contribution in [2.75, 3.05) is 23.7 Å². The summed E-state index contributed by atoms with van der Waals surface area (Å²) >= 11 is 10.4. The van der Waals surface area contributed by atoms with Gasteiger partial charge in [0.1, 0.15) is 0 Å². The molecule has 112 valence electrons. The molecule has 21 heavy (non-hydrogen) atoms. The molecule has 0 fully saturated rings. The third-order valence-electron chi connectivity index (χ3n) is 2.64. The van der Waals surface area contributed by atoms with E-state index < -0.39 is 0 Å². The summed E-state index contributed by atoms with van der Waals surface area (Å²) in [5, 5.41) is 13.5. The van der Waals surface area contributed by atoms with Gasteiger partial charge >= 0.3 is 0 Å². The van der Waals surface area contributed by atoms with Crippen LogP contribution in [-0.2, 0) is 0 Å². The number of hydrogen-bond acceptors (Lipinski definition) is 2. The van der Waals surface area contributed by atoms with Crippen LogP contribution < -0.4 is 21.3 Å². The highest BCUT2D eigenvalue weighted by Gasteiger charge is 2.06. The molecule has 0 bridgehead atoms. The fraction of sp³-hybridized carbons (Fsp3) is 0.200. The van der Waals surface area contributed by atoms with Gasteiger partial charge in [-0.3, -0.25) is 0 Å². The van der Waals surface area contributed by atoms with Gasteiger partial charge in [0.2, 0.25) is 0 Å². The molecule has 0 amide bonds. The first-order chi connectivity index (χ1) is 10.1. The molecule has 0 aromatic heterocycles. The average Bonchev–Trinajstić information content (AvgIpc) is 2.47. The molecule has 1 aromatic rings. The molecule has 1 aromatic carbocycles. The van der Waals surface area contributed by atoms with E-state index in [9.17, 15) is 0 Å². The van der Waals surface area contributed by atoms with Crippen LogP contribution in [0.15, 0.2) is 43.5 Å². The van der Waals surface area contributed by atoms with E-state index in [1.165, 1.54) is 0 Å². The summed E-state index contributed by atoms with van der Waals surface area (Å²) in [7, 11) is 0. The van der Waals surface area contributed by atoms with E-state index in [2.05, 4.69) is 34.4 Å². The van der Waals surface area contributed by atoms with Gasteiger partial charge in [-0.1, -0.05) is 18.2 Å². The van der Waals surface area contributed by atoms with Crippen molar-refractivity contribution in [3.8, 4) is 0 Å². The molecule has 0 aliphatic carbocycles. The van der Waals surface area contributed by atoms with E-state index >= 15 is 0 Å². The van der Waals surface area contributed by atoms with Gasteiger partial charge in [-0.15, -0.1) is 13.2 Å². The van der Waals surface area contributed by atoms with Gasteiger partial charge in [0, 0.05) is 24.5 Å². The van der Waals surface area contributed by atoms with Crippen LogP contribution in [0, 0.1) is 6.92 Å². The second-order valence-corrected chi connectivity index (χ2v) is 5.04. The molecule has 0 unspecified atom stereocenters. The predicted octanol–water partition coefficient (Wildman–Crippen LogP) is 2.94. The minimum absolute atomic E-state index is 0.558. The van der Waals surface area contributed by atoms with Crippen LogP contribution in [0.25, 0.3) is 0 Å². The largest absolute Gasteiger partial charge is 0.359 e. The summed E-state index contributed by atoms with van der Waals surface area (Å²) in [6.45, 7) is 10.5. The van der Waals surface area contributed by atoms with Crippen molar-refractivity contribution < 1.29 is 0 Å². The molecule has 1 rings (SSSR count). The Labute approximate surface area is 136 Å². The van der Waals surface area contributed by atoms with Crippen LogP contribution in [0.3, 0.4) is 0 Å². The average molecular weight is 320 g/mol. The van der Waals surface area contributed by atoms with Crippen molar-refractivity contribution in [2.24, 2.45) is 0 Å². The summed E-state index contributed by atoms with van der Waals surface area (Å²) in [6.07, 6.45) is 3.51. The molecule has 0 aliphatic rings. The fourth-order valence-corrected chi connectivity index (χ4v) is 1.96. The van der Waals surface area contributed by atoms with Gasteiger partial charge in [-0.05, 0) is 49.1 Å². The maximum absolute atomic E-state index is 5.21. The van der Waals surface area contributed by atoms with Crippen LogP contribution in [0.5, 0.6) is 0 Å². The second kappa shape index (κ2) is 9.10. The van der Waals surface area contributed by atoms with Crippen molar-refractivity contribution in [3.05, 3.63) is 49.1 Å². The Hall–Kier alpha value is -1.92. The fourth-order valence-electron chi connectivity index (χ4n) is 1.57. The number of thiocarbonyl (C=S) groups is 2. The van der Waals surface area contributed by atoms with Crippen molar-refractivity contribution in [1.29, 1.82) is 0 Å². The first-order valence-corrected chi connectivity index (χ1v) is 7.31. The number of rotatable bonds is 6. The predicted molar refractivity (Wildman–Crippen MR) is 100 cm³/mol. The highest BCUT2D eigenvalue weighted by molar-refractivity contribution is 7.80. The molecule has 0 spiro atoms. The number of hydrogen-bond donors (Lipinski definition) is 4. The number of nitrogens with one attached hydrogen (secondary N) is 4. The minimum Gasteiger partial charge on any atom is -0.359 e. The van der Waals surface area contributed by atoms with E-state index in [1.54, 1.807) is 12.2 Å². The first-order valence-electron chi connectivity index (χ1n) is 6.49. The Morgan fingerprint density at radius 3 is 1.81 bits per heavy atom. The third kappa shape index (κ3) is 5.93. The van der Waals surface area contributed by atoms with Crippen LogP contribution in [0.4, 0.5) is 11.4 Å². The molecule has 4 nitrogen and oxygen atoms in total. The smallest absolute Gasteiger partial charge is 0.171 e. The van der Waals surface area contributed by atoms with Crippen LogP contribution in [0.1, 0.15) is 5.56 Å². The summed E-state index contributed by atoms with van der Waals surface area (Å²) in [5.41, 5.74) is 2.88. The molecule has 0 atom stereocenters. The van der Waals surface area contributed by atoms with Gasteiger partial charge in [-0.2, -0.15) is 0 Å². The van der Waals surface area contributed by atoms with Gasteiger partial charge in [-0.25, -0.2) is 0 Å². The van der Waals surface area contributed by atoms with Crippen molar-refractivity contribution >= 4 is 46.0 Å². The van der Waals surface area contributed by atoms with E-state index in [4.69, 9.17) is 24.4 Å². The first kappa shape index (κ1) is 17.1. The minimum atomic E-state index is 0.558. The van der Waals surface area contributed by atoms with Gasteiger partial charge < -0.3 is 21.3 Å². The topological polar surface area (TPSA) is 48.1 Å². The molecular weight excluding hydrogens is 300 g/mol. The monoisotopic (exact) mass is 320 g/mol. The van der Waals surface area contributed by atoms with Gasteiger partial charge in [0.15, 0.2) is 10.2 Å². The number of benzene rings is 1. The lowest BCUT2D eigenvalue weighted by Gasteiger charge is -2.16. The normalized spacial score (nSPS) is 9.38.